The second-order valence-corrected chi connectivity index (χ2v) is 7.10. The first-order valence-corrected chi connectivity index (χ1v) is 8.70. The number of hydrogen-bond acceptors (Lipinski definition) is 2. The number of piperazine rings is 1. The van der Waals surface area contributed by atoms with Crippen molar-refractivity contribution in [1.29, 1.82) is 0 Å². The molecule has 1 saturated heterocycles. The lowest BCUT2D eigenvalue weighted by Crippen LogP contribution is -2.53. The molecule has 1 amide bonds. The number of carbonyl (C=O) groups excluding carboxylic acids is 1. The minimum atomic E-state index is 0.233. The van der Waals surface area contributed by atoms with Gasteiger partial charge in [-0.05, 0) is 36.8 Å². The first kappa shape index (κ1) is 15.5. The molecule has 1 saturated carbocycles. The molecule has 0 radical (unpaired) electrons. The molecule has 0 spiro atoms. The molecule has 2 aliphatic rings. The van der Waals surface area contributed by atoms with Gasteiger partial charge in [-0.15, -0.1) is 0 Å². The third-order valence-corrected chi connectivity index (χ3v) is 5.37. The fourth-order valence-electron chi connectivity index (χ4n) is 3.84. The van der Waals surface area contributed by atoms with E-state index in [2.05, 4.69) is 36.1 Å². The molecule has 3 rings (SSSR count). The Bertz CT molecular complexity index is 505. The molecule has 120 valence electrons. The summed E-state index contributed by atoms with van der Waals surface area (Å²) in [6, 6.07) is 9.58. The van der Waals surface area contributed by atoms with Crippen LogP contribution in [0.15, 0.2) is 24.3 Å². The van der Waals surface area contributed by atoms with Gasteiger partial charge in [0.1, 0.15) is 0 Å². The highest BCUT2D eigenvalue weighted by Crippen LogP contribution is 2.32. The summed E-state index contributed by atoms with van der Waals surface area (Å²) in [5, 5.41) is 0. The summed E-state index contributed by atoms with van der Waals surface area (Å²) in [5.74, 6) is 1.00. The van der Waals surface area contributed by atoms with E-state index in [1.54, 1.807) is 0 Å². The van der Waals surface area contributed by atoms with E-state index in [4.69, 9.17) is 0 Å². The summed E-state index contributed by atoms with van der Waals surface area (Å²) >= 11 is 0. The Morgan fingerprint density at radius 1 is 1.09 bits per heavy atom. The van der Waals surface area contributed by atoms with Gasteiger partial charge in [0.2, 0.25) is 5.91 Å². The zero-order valence-corrected chi connectivity index (χ0v) is 13.9. The lowest BCUT2D eigenvalue weighted by molar-refractivity contribution is -0.136. The Balaban J connectivity index is 1.62. The molecule has 1 atom stereocenters. The van der Waals surface area contributed by atoms with Crippen LogP contribution >= 0.6 is 0 Å². The second kappa shape index (κ2) is 6.82. The Morgan fingerprint density at radius 3 is 2.45 bits per heavy atom. The summed E-state index contributed by atoms with van der Waals surface area (Å²) in [4.78, 5) is 16.0. The van der Waals surface area contributed by atoms with Crippen molar-refractivity contribution < 1.29 is 4.79 Å². The molecule has 1 aromatic carbocycles. The molecule has 3 heteroatoms. The van der Waals surface area contributed by atoms with Crippen LogP contribution in [0.5, 0.6) is 0 Å². The van der Waals surface area contributed by atoms with Crippen LogP contribution in [-0.2, 0) is 11.3 Å². The Kier molecular flexibility index (Phi) is 4.82. The van der Waals surface area contributed by atoms with Gasteiger partial charge in [-0.1, -0.05) is 43.5 Å². The van der Waals surface area contributed by atoms with E-state index < -0.39 is 0 Å². The van der Waals surface area contributed by atoms with Crippen LogP contribution in [0.1, 0.15) is 56.1 Å². The van der Waals surface area contributed by atoms with Gasteiger partial charge in [0.15, 0.2) is 0 Å². The van der Waals surface area contributed by atoms with Gasteiger partial charge < -0.3 is 4.90 Å². The minimum Gasteiger partial charge on any atom is -0.343 e. The minimum absolute atomic E-state index is 0.233. The number of nitrogens with zero attached hydrogens (tertiary/aromatic N) is 2. The summed E-state index contributed by atoms with van der Waals surface area (Å²) in [7, 11) is 1.90. The quantitative estimate of drug-likeness (QED) is 0.854. The molecule has 0 bridgehead atoms. The number of hydrogen-bond donors (Lipinski definition) is 0. The van der Waals surface area contributed by atoms with E-state index >= 15 is 0 Å². The summed E-state index contributed by atoms with van der Waals surface area (Å²) in [5.41, 5.74) is 2.83. The van der Waals surface area contributed by atoms with E-state index in [-0.39, 0.29) is 5.91 Å². The highest BCUT2D eigenvalue weighted by Gasteiger charge is 2.27. The third-order valence-electron chi connectivity index (χ3n) is 5.37. The second-order valence-electron chi connectivity index (χ2n) is 7.10. The van der Waals surface area contributed by atoms with E-state index in [9.17, 15) is 4.79 Å². The molecule has 0 aromatic heterocycles. The third kappa shape index (κ3) is 3.52. The predicted octanol–water partition coefficient (Wildman–Crippen LogP) is 3.40. The fourth-order valence-corrected chi connectivity index (χ4v) is 3.84. The number of likely N-dealkylation sites (N-methyl/N-ethyl adjacent to an activating group) is 1. The van der Waals surface area contributed by atoms with Crippen LogP contribution in [0.4, 0.5) is 0 Å². The maximum Gasteiger partial charge on any atom is 0.236 e. The van der Waals surface area contributed by atoms with Crippen LogP contribution in [0.3, 0.4) is 0 Å². The topological polar surface area (TPSA) is 23.6 Å². The SMILES string of the molecule is CC1CN(C)C(=O)CN1Cc1ccc(C2CCCCC2)cc1. The first-order valence-electron chi connectivity index (χ1n) is 8.70. The largest absolute Gasteiger partial charge is 0.343 e. The Labute approximate surface area is 134 Å². The average Bonchev–Trinajstić information content (AvgIpc) is 2.54. The van der Waals surface area contributed by atoms with E-state index in [0.29, 0.717) is 12.6 Å². The molecule has 1 unspecified atom stereocenters. The van der Waals surface area contributed by atoms with Gasteiger partial charge in [0.25, 0.3) is 0 Å². The summed E-state index contributed by atoms with van der Waals surface area (Å²) in [6.07, 6.45) is 6.87. The molecular formula is C19H28N2O. The van der Waals surface area contributed by atoms with E-state index in [1.807, 2.05) is 11.9 Å². The van der Waals surface area contributed by atoms with Crippen molar-refractivity contribution in [3.8, 4) is 0 Å². The molecular weight excluding hydrogens is 272 g/mol. The monoisotopic (exact) mass is 300 g/mol. The average molecular weight is 300 g/mol. The number of carbonyl (C=O) groups is 1. The van der Waals surface area contributed by atoms with Crippen LogP contribution < -0.4 is 0 Å². The Morgan fingerprint density at radius 2 is 1.77 bits per heavy atom. The summed E-state index contributed by atoms with van der Waals surface area (Å²) in [6.45, 7) is 4.46. The molecule has 1 aromatic rings. The molecule has 22 heavy (non-hydrogen) atoms. The molecule has 1 aliphatic carbocycles. The van der Waals surface area contributed by atoms with Gasteiger partial charge in [-0.3, -0.25) is 9.69 Å². The molecule has 2 fully saturated rings. The highest BCUT2D eigenvalue weighted by atomic mass is 16.2. The molecule has 3 nitrogen and oxygen atoms in total. The van der Waals surface area contributed by atoms with Crippen molar-refractivity contribution in [1.82, 2.24) is 9.80 Å². The summed E-state index contributed by atoms with van der Waals surface area (Å²) < 4.78 is 0. The van der Waals surface area contributed by atoms with E-state index in [1.165, 1.54) is 43.2 Å². The van der Waals surface area contributed by atoms with Crippen molar-refractivity contribution in [2.45, 2.75) is 57.5 Å². The van der Waals surface area contributed by atoms with Gasteiger partial charge in [-0.2, -0.15) is 0 Å². The normalized spacial score (nSPS) is 24.7. The Hall–Kier alpha value is -1.35. The van der Waals surface area contributed by atoms with Gasteiger partial charge in [-0.25, -0.2) is 0 Å². The standard InChI is InChI=1S/C19H28N2O/c1-15-12-20(2)19(22)14-21(15)13-16-8-10-18(11-9-16)17-6-4-3-5-7-17/h8-11,15,17H,3-7,12-14H2,1-2H3. The maximum absolute atomic E-state index is 11.9. The van der Waals surface area contributed by atoms with Gasteiger partial charge >= 0.3 is 0 Å². The van der Waals surface area contributed by atoms with Crippen LogP contribution in [0, 0.1) is 0 Å². The van der Waals surface area contributed by atoms with Crippen molar-refractivity contribution in [3.05, 3.63) is 35.4 Å². The smallest absolute Gasteiger partial charge is 0.236 e. The zero-order valence-electron chi connectivity index (χ0n) is 13.9. The lowest BCUT2D eigenvalue weighted by atomic mass is 9.84. The van der Waals surface area contributed by atoms with Crippen LogP contribution in [-0.4, -0.2) is 41.9 Å². The number of benzene rings is 1. The lowest BCUT2D eigenvalue weighted by Gasteiger charge is -2.37. The van der Waals surface area contributed by atoms with Crippen molar-refractivity contribution in [2.75, 3.05) is 20.1 Å². The maximum atomic E-state index is 11.9. The fraction of sp³-hybridized carbons (Fsp3) is 0.632. The van der Waals surface area contributed by atoms with Gasteiger partial charge in [0.05, 0.1) is 6.54 Å². The van der Waals surface area contributed by atoms with E-state index in [0.717, 1.165) is 19.0 Å². The first-order chi connectivity index (χ1) is 10.6. The van der Waals surface area contributed by atoms with Gasteiger partial charge in [0, 0.05) is 26.2 Å². The predicted molar refractivity (Wildman–Crippen MR) is 89.8 cm³/mol. The van der Waals surface area contributed by atoms with Crippen molar-refractivity contribution in [3.63, 3.8) is 0 Å². The van der Waals surface area contributed by atoms with Crippen LogP contribution in [0.25, 0.3) is 0 Å². The zero-order chi connectivity index (χ0) is 15.5. The van der Waals surface area contributed by atoms with Crippen molar-refractivity contribution >= 4 is 5.91 Å². The highest BCUT2D eigenvalue weighted by molar-refractivity contribution is 5.78. The number of rotatable bonds is 3. The number of amides is 1. The van der Waals surface area contributed by atoms with Crippen molar-refractivity contribution in [2.24, 2.45) is 0 Å². The molecule has 1 aliphatic heterocycles. The molecule has 0 N–H and O–H groups in total. The molecule has 1 heterocycles. The van der Waals surface area contributed by atoms with Crippen LogP contribution in [0.2, 0.25) is 0 Å².